The van der Waals surface area contributed by atoms with E-state index in [9.17, 15) is 4.79 Å². The van der Waals surface area contributed by atoms with Crippen molar-refractivity contribution in [3.05, 3.63) is 65.0 Å². The summed E-state index contributed by atoms with van der Waals surface area (Å²) in [6.07, 6.45) is 2.60. The first-order valence-corrected chi connectivity index (χ1v) is 12.7. The number of amides is 1. The molecule has 0 unspecified atom stereocenters. The van der Waals surface area contributed by atoms with Crippen molar-refractivity contribution in [2.45, 2.75) is 30.4 Å². The van der Waals surface area contributed by atoms with Crippen LogP contribution in [0, 0.1) is 0 Å². The maximum atomic E-state index is 12.9. The average Bonchev–Trinajstić information content (AvgIpc) is 3.50. The number of nitrogens with zero attached hydrogens (tertiary/aromatic N) is 4. The number of carbonyl (C=O) groups is 1. The van der Waals surface area contributed by atoms with Crippen LogP contribution in [0.4, 0.5) is 0 Å². The summed E-state index contributed by atoms with van der Waals surface area (Å²) >= 11 is 3.03. The molecule has 170 valence electrons. The molecule has 2 aromatic carbocycles. The van der Waals surface area contributed by atoms with Gasteiger partial charge in [0.05, 0.1) is 34.5 Å². The van der Waals surface area contributed by atoms with Crippen LogP contribution >= 0.6 is 23.1 Å². The zero-order valence-corrected chi connectivity index (χ0v) is 19.9. The number of carbonyl (C=O) groups excluding carboxylic acids is 1. The molecule has 7 nitrogen and oxygen atoms in total. The molecule has 1 fully saturated rings. The lowest BCUT2D eigenvalue weighted by Gasteiger charge is -2.31. The Balaban J connectivity index is 1.15. The van der Waals surface area contributed by atoms with Gasteiger partial charge in [-0.3, -0.25) is 4.79 Å². The molecule has 5 rings (SSSR count). The summed E-state index contributed by atoms with van der Waals surface area (Å²) in [6, 6.07) is 15.9. The predicted octanol–water partition coefficient (Wildman–Crippen LogP) is 4.78. The van der Waals surface area contributed by atoms with Gasteiger partial charge in [0.25, 0.3) is 5.22 Å². The molecule has 0 saturated carbocycles. The van der Waals surface area contributed by atoms with Gasteiger partial charge < -0.3 is 14.1 Å². The number of ether oxygens (including phenoxy) is 1. The smallest absolute Gasteiger partial charge is 0.277 e. The fourth-order valence-corrected chi connectivity index (χ4v) is 5.75. The fourth-order valence-electron chi connectivity index (χ4n) is 3.97. The highest BCUT2D eigenvalue weighted by molar-refractivity contribution is 7.99. The third kappa shape index (κ3) is 5.20. The Morgan fingerprint density at radius 2 is 2.06 bits per heavy atom. The molecular weight excluding hydrogens is 456 g/mol. The minimum Gasteiger partial charge on any atom is -0.497 e. The Hall–Kier alpha value is -2.91. The van der Waals surface area contributed by atoms with Crippen LogP contribution in [0.5, 0.6) is 5.75 Å². The van der Waals surface area contributed by atoms with Gasteiger partial charge in [-0.1, -0.05) is 36.0 Å². The van der Waals surface area contributed by atoms with E-state index in [-0.39, 0.29) is 11.7 Å². The van der Waals surface area contributed by atoms with Gasteiger partial charge >= 0.3 is 0 Å². The molecule has 2 aromatic heterocycles. The maximum Gasteiger partial charge on any atom is 0.277 e. The molecular formula is C24H24N4O3S2. The van der Waals surface area contributed by atoms with Crippen molar-refractivity contribution in [2.24, 2.45) is 0 Å². The van der Waals surface area contributed by atoms with Gasteiger partial charge in [0.2, 0.25) is 11.8 Å². The third-order valence-electron chi connectivity index (χ3n) is 5.72. The second-order valence-electron chi connectivity index (χ2n) is 7.97. The van der Waals surface area contributed by atoms with Crippen LogP contribution < -0.4 is 4.74 Å². The maximum absolute atomic E-state index is 12.9. The fraction of sp³-hybridized carbons (Fsp3) is 0.333. The summed E-state index contributed by atoms with van der Waals surface area (Å²) in [5.41, 5.74) is 2.10. The predicted molar refractivity (Wildman–Crippen MR) is 129 cm³/mol. The summed E-state index contributed by atoms with van der Waals surface area (Å²) < 4.78 is 12.1. The first-order chi connectivity index (χ1) is 16.2. The molecule has 1 atom stereocenters. The van der Waals surface area contributed by atoms with Crippen molar-refractivity contribution in [1.82, 2.24) is 20.1 Å². The standard InChI is InChI=1S/C24H24N4O3S2/c1-30-18-10-8-16(9-11-18)13-21-26-27-24(31-21)32-15-22(29)28-12-4-5-17(14-28)23-25-19-6-2-3-7-20(19)33-23/h2-3,6-11,17H,4-5,12-15H2,1H3/t17-/m0/s1. The number of thioether (sulfide) groups is 1. The Labute approximate surface area is 200 Å². The third-order valence-corrected chi connectivity index (χ3v) is 7.72. The number of piperidine rings is 1. The first kappa shape index (κ1) is 21.9. The van der Waals surface area contributed by atoms with Gasteiger partial charge in [0, 0.05) is 19.0 Å². The van der Waals surface area contributed by atoms with Gasteiger partial charge in [-0.25, -0.2) is 4.98 Å². The summed E-state index contributed by atoms with van der Waals surface area (Å²) in [4.78, 5) is 19.6. The van der Waals surface area contributed by atoms with E-state index in [1.807, 2.05) is 47.4 Å². The Morgan fingerprint density at radius 1 is 1.21 bits per heavy atom. The summed E-state index contributed by atoms with van der Waals surface area (Å²) in [5.74, 6) is 2.02. The van der Waals surface area contributed by atoms with Crippen molar-refractivity contribution >= 4 is 39.2 Å². The SMILES string of the molecule is COc1ccc(Cc2nnc(SCC(=O)N3CCC[C@H](c4nc5ccccc5s4)C3)o2)cc1. The molecule has 1 aliphatic heterocycles. The zero-order chi connectivity index (χ0) is 22.6. The largest absolute Gasteiger partial charge is 0.497 e. The number of likely N-dealkylation sites (tertiary alicyclic amines) is 1. The van der Waals surface area contributed by atoms with Crippen molar-refractivity contribution in [3.8, 4) is 5.75 Å². The van der Waals surface area contributed by atoms with Crippen LogP contribution in [0.2, 0.25) is 0 Å². The number of hydrogen-bond donors (Lipinski definition) is 0. The van der Waals surface area contributed by atoms with Gasteiger partial charge in [0.1, 0.15) is 5.75 Å². The van der Waals surface area contributed by atoms with Crippen LogP contribution in [-0.2, 0) is 11.2 Å². The molecule has 33 heavy (non-hydrogen) atoms. The van der Waals surface area contributed by atoms with Crippen LogP contribution in [0.3, 0.4) is 0 Å². The highest BCUT2D eigenvalue weighted by Crippen LogP contribution is 2.33. The molecule has 0 aliphatic carbocycles. The second-order valence-corrected chi connectivity index (χ2v) is 9.96. The number of hydrogen-bond acceptors (Lipinski definition) is 8. The average molecular weight is 481 g/mol. The van der Waals surface area contributed by atoms with Crippen LogP contribution in [0.15, 0.2) is 58.2 Å². The molecule has 1 aliphatic rings. The number of thiazole rings is 1. The van der Waals surface area contributed by atoms with E-state index in [0.29, 0.717) is 30.0 Å². The lowest BCUT2D eigenvalue weighted by Crippen LogP contribution is -2.40. The van der Waals surface area contributed by atoms with E-state index in [2.05, 4.69) is 16.3 Å². The highest BCUT2D eigenvalue weighted by atomic mass is 32.2. The zero-order valence-electron chi connectivity index (χ0n) is 18.3. The number of methoxy groups -OCH3 is 1. The number of fused-ring (bicyclic) bond motifs is 1. The summed E-state index contributed by atoms with van der Waals surface area (Å²) in [6.45, 7) is 1.50. The van der Waals surface area contributed by atoms with E-state index < -0.39 is 0 Å². The monoisotopic (exact) mass is 480 g/mol. The van der Waals surface area contributed by atoms with E-state index in [4.69, 9.17) is 14.1 Å². The Kier molecular flexibility index (Phi) is 6.59. The van der Waals surface area contributed by atoms with Crippen LogP contribution in [-0.4, -0.2) is 51.9 Å². The Morgan fingerprint density at radius 3 is 2.88 bits per heavy atom. The van der Waals surface area contributed by atoms with Gasteiger partial charge in [-0.05, 0) is 42.7 Å². The number of benzene rings is 2. The van der Waals surface area contributed by atoms with Crippen molar-refractivity contribution < 1.29 is 13.9 Å². The van der Waals surface area contributed by atoms with Crippen LogP contribution in [0.1, 0.15) is 35.2 Å². The minimum absolute atomic E-state index is 0.0979. The first-order valence-electron chi connectivity index (χ1n) is 10.9. The normalized spacial score (nSPS) is 16.3. The number of para-hydroxylation sites is 1. The molecule has 0 bridgehead atoms. The summed E-state index contributed by atoms with van der Waals surface area (Å²) in [7, 11) is 1.64. The lowest BCUT2D eigenvalue weighted by atomic mass is 9.99. The van der Waals surface area contributed by atoms with Crippen molar-refractivity contribution in [1.29, 1.82) is 0 Å². The molecule has 0 spiro atoms. The Bertz CT molecular complexity index is 1200. The van der Waals surface area contributed by atoms with E-state index in [1.54, 1.807) is 18.4 Å². The van der Waals surface area contributed by atoms with Crippen LogP contribution in [0.25, 0.3) is 10.2 Å². The molecule has 1 amide bonds. The highest BCUT2D eigenvalue weighted by Gasteiger charge is 2.27. The summed E-state index contributed by atoms with van der Waals surface area (Å²) in [5, 5.41) is 9.76. The number of aromatic nitrogens is 3. The quantitative estimate of drug-likeness (QED) is 0.352. The molecule has 1 saturated heterocycles. The van der Waals surface area contributed by atoms with Gasteiger partial charge in [-0.2, -0.15) is 0 Å². The molecule has 9 heteroatoms. The molecule has 0 N–H and O–H groups in total. The lowest BCUT2D eigenvalue weighted by molar-refractivity contribution is -0.129. The molecule has 4 aromatic rings. The molecule has 3 heterocycles. The van der Waals surface area contributed by atoms with E-state index in [1.165, 1.54) is 16.5 Å². The minimum atomic E-state index is 0.0979. The van der Waals surface area contributed by atoms with E-state index in [0.717, 1.165) is 41.2 Å². The van der Waals surface area contributed by atoms with E-state index >= 15 is 0 Å². The topological polar surface area (TPSA) is 81.4 Å². The second kappa shape index (κ2) is 9.93. The van der Waals surface area contributed by atoms with Crippen molar-refractivity contribution in [3.63, 3.8) is 0 Å². The van der Waals surface area contributed by atoms with Crippen molar-refractivity contribution in [2.75, 3.05) is 26.0 Å². The molecule has 0 radical (unpaired) electrons. The van der Waals surface area contributed by atoms with Gasteiger partial charge in [-0.15, -0.1) is 21.5 Å². The van der Waals surface area contributed by atoms with Gasteiger partial charge in [0.15, 0.2) is 0 Å². The number of rotatable bonds is 7.